The minimum absolute atomic E-state index is 0.875. The molecule has 0 aliphatic carbocycles. The van der Waals surface area contributed by atoms with Crippen LogP contribution in [0.4, 0.5) is 0 Å². The van der Waals surface area contributed by atoms with Gasteiger partial charge in [0.25, 0.3) is 0 Å². The molecule has 0 atom stereocenters. The summed E-state index contributed by atoms with van der Waals surface area (Å²) in [5.74, 6) is 0. The Morgan fingerprint density at radius 1 is 1.44 bits per heavy atom. The first-order valence-electron chi connectivity index (χ1n) is 6.57. The molecule has 0 spiro atoms. The molecule has 0 saturated carbocycles. The van der Waals surface area contributed by atoms with Crippen molar-refractivity contribution < 1.29 is 4.74 Å². The number of aryl methyl sites for hydroxylation is 1. The third-order valence-electron chi connectivity index (χ3n) is 3.03. The van der Waals surface area contributed by atoms with Crippen LogP contribution in [0.15, 0.2) is 23.3 Å². The van der Waals surface area contributed by atoms with E-state index in [1.54, 1.807) is 0 Å². The highest BCUT2D eigenvalue weighted by Crippen LogP contribution is 1.99. The van der Waals surface area contributed by atoms with Crippen LogP contribution in [0.3, 0.4) is 0 Å². The van der Waals surface area contributed by atoms with Crippen molar-refractivity contribution in [2.24, 2.45) is 4.99 Å². The second-order valence-corrected chi connectivity index (χ2v) is 4.57. The summed E-state index contributed by atoms with van der Waals surface area (Å²) in [5, 5.41) is 0. The lowest BCUT2D eigenvalue weighted by Crippen LogP contribution is -2.37. The van der Waals surface area contributed by atoms with Gasteiger partial charge in [-0.15, -0.1) is 0 Å². The van der Waals surface area contributed by atoms with E-state index in [1.807, 2.05) is 31.5 Å². The molecule has 1 saturated heterocycles. The molecule has 0 amide bonds. The Bertz CT molecular complexity index is 386. The molecule has 1 aromatic rings. The Morgan fingerprint density at radius 2 is 2.28 bits per heavy atom. The molecular weight excluding hydrogens is 226 g/mol. The first-order valence-corrected chi connectivity index (χ1v) is 6.57. The van der Waals surface area contributed by atoms with Crippen molar-refractivity contribution in [1.29, 1.82) is 0 Å². The summed E-state index contributed by atoms with van der Waals surface area (Å²) < 4.78 is 5.32. The van der Waals surface area contributed by atoms with Crippen LogP contribution < -0.4 is 0 Å². The summed E-state index contributed by atoms with van der Waals surface area (Å²) >= 11 is 0. The van der Waals surface area contributed by atoms with E-state index in [0.717, 1.165) is 57.1 Å². The zero-order chi connectivity index (χ0) is 12.6. The molecule has 0 N–H and O–H groups in total. The summed E-state index contributed by atoms with van der Waals surface area (Å²) in [6, 6.07) is 4.03. The molecule has 1 aliphatic rings. The number of aliphatic imine (C=N–C) groups is 1. The van der Waals surface area contributed by atoms with E-state index in [0.29, 0.717) is 0 Å². The average molecular weight is 247 g/mol. The van der Waals surface area contributed by atoms with Gasteiger partial charge in [-0.25, -0.2) is 0 Å². The van der Waals surface area contributed by atoms with Gasteiger partial charge in [0.1, 0.15) is 0 Å². The van der Waals surface area contributed by atoms with Crippen LogP contribution in [0.2, 0.25) is 0 Å². The quantitative estimate of drug-likeness (QED) is 0.585. The molecule has 2 rings (SSSR count). The normalized spacial score (nSPS) is 17.4. The zero-order valence-electron chi connectivity index (χ0n) is 11.0. The number of aromatic nitrogens is 1. The van der Waals surface area contributed by atoms with Gasteiger partial charge in [0.2, 0.25) is 0 Å². The molecule has 0 bridgehead atoms. The van der Waals surface area contributed by atoms with Crippen molar-refractivity contribution in [1.82, 2.24) is 9.88 Å². The third-order valence-corrected chi connectivity index (χ3v) is 3.03. The Kier molecular flexibility index (Phi) is 5.30. The van der Waals surface area contributed by atoms with Crippen LogP contribution >= 0.6 is 0 Å². The molecule has 2 heterocycles. The predicted molar refractivity (Wildman–Crippen MR) is 73.3 cm³/mol. The average Bonchev–Trinajstić information content (AvgIpc) is 2.40. The summed E-state index contributed by atoms with van der Waals surface area (Å²) in [7, 11) is 0. The van der Waals surface area contributed by atoms with E-state index in [2.05, 4.69) is 14.9 Å². The van der Waals surface area contributed by atoms with E-state index >= 15 is 0 Å². The van der Waals surface area contributed by atoms with Crippen LogP contribution in [0.25, 0.3) is 0 Å². The fraction of sp³-hybridized carbons (Fsp3) is 0.571. The highest BCUT2D eigenvalue weighted by molar-refractivity contribution is 5.79. The second-order valence-electron chi connectivity index (χ2n) is 4.57. The number of rotatable bonds is 5. The first kappa shape index (κ1) is 13.2. The fourth-order valence-corrected chi connectivity index (χ4v) is 2.03. The van der Waals surface area contributed by atoms with Crippen LogP contribution in [-0.2, 0) is 4.74 Å². The van der Waals surface area contributed by atoms with E-state index in [1.165, 1.54) is 0 Å². The van der Waals surface area contributed by atoms with Crippen molar-refractivity contribution in [3.63, 3.8) is 0 Å². The number of pyridine rings is 1. The summed E-state index contributed by atoms with van der Waals surface area (Å²) in [4.78, 5) is 11.1. The highest BCUT2D eigenvalue weighted by Gasteiger charge is 2.08. The van der Waals surface area contributed by atoms with Gasteiger partial charge >= 0.3 is 0 Å². The van der Waals surface area contributed by atoms with Gasteiger partial charge in [-0.3, -0.25) is 14.9 Å². The number of hydrogen-bond acceptors (Lipinski definition) is 4. The predicted octanol–water partition coefficient (Wildman–Crippen LogP) is 1.53. The van der Waals surface area contributed by atoms with Gasteiger partial charge in [0.05, 0.1) is 13.2 Å². The van der Waals surface area contributed by atoms with E-state index in [9.17, 15) is 0 Å². The standard InChI is InChI=1S/C14H21N3O/c1-13-11-14(3-5-16-13)12-15-4-2-6-17-7-9-18-10-8-17/h3,5,11-12H,2,4,6-10H2,1H3. The zero-order valence-corrected chi connectivity index (χ0v) is 11.0. The molecule has 98 valence electrons. The minimum atomic E-state index is 0.875. The van der Waals surface area contributed by atoms with Gasteiger partial charge in [-0.1, -0.05) is 0 Å². The maximum atomic E-state index is 5.32. The number of ether oxygens (including phenoxy) is 1. The molecule has 0 aromatic carbocycles. The van der Waals surface area contributed by atoms with Crippen LogP contribution in [0.5, 0.6) is 0 Å². The summed E-state index contributed by atoms with van der Waals surface area (Å²) in [5.41, 5.74) is 2.17. The van der Waals surface area contributed by atoms with Gasteiger partial charge < -0.3 is 4.74 Å². The number of morpholine rings is 1. The Morgan fingerprint density at radius 3 is 3.06 bits per heavy atom. The SMILES string of the molecule is Cc1cc(C=NCCCN2CCOCC2)ccn1. The van der Waals surface area contributed by atoms with Crippen molar-refractivity contribution in [2.45, 2.75) is 13.3 Å². The molecule has 1 aromatic heterocycles. The molecular formula is C14H21N3O. The van der Waals surface area contributed by atoms with Crippen molar-refractivity contribution in [3.8, 4) is 0 Å². The van der Waals surface area contributed by atoms with Gasteiger partial charge in [0, 0.05) is 44.3 Å². The largest absolute Gasteiger partial charge is 0.379 e. The monoisotopic (exact) mass is 247 g/mol. The molecule has 1 aliphatic heterocycles. The number of hydrogen-bond donors (Lipinski definition) is 0. The lowest BCUT2D eigenvalue weighted by atomic mass is 10.2. The molecule has 4 nitrogen and oxygen atoms in total. The molecule has 0 radical (unpaired) electrons. The third kappa shape index (κ3) is 4.55. The van der Waals surface area contributed by atoms with Crippen LogP contribution in [0, 0.1) is 6.92 Å². The maximum absolute atomic E-state index is 5.32. The van der Waals surface area contributed by atoms with Crippen molar-refractivity contribution in [3.05, 3.63) is 29.6 Å². The summed E-state index contributed by atoms with van der Waals surface area (Å²) in [6.45, 7) is 7.88. The molecule has 1 fully saturated rings. The Hall–Kier alpha value is -1.26. The van der Waals surface area contributed by atoms with Gasteiger partial charge in [0.15, 0.2) is 0 Å². The Labute approximate surface area is 109 Å². The topological polar surface area (TPSA) is 37.7 Å². The van der Waals surface area contributed by atoms with Gasteiger partial charge in [-0.2, -0.15) is 0 Å². The van der Waals surface area contributed by atoms with Crippen molar-refractivity contribution >= 4 is 6.21 Å². The summed E-state index contributed by atoms with van der Waals surface area (Å²) in [6.07, 6.45) is 4.87. The van der Waals surface area contributed by atoms with Crippen LogP contribution in [-0.4, -0.2) is 55.5 Å². The maximum Gasteiger partial charge on any atom is 0.0594 e. The van der Waals surface area contributed by atoms with E-state index in [-0.39, 0.29) is 0 Å². The first-order chi connectivity index (χ1) is 8.84. The van der Waals surface area contributed by atoms with E-state index < -0.39 is 0 Å². The van der Waals surface area contributed by atoms with Crippen LogP contribution in [0.1, 0.15) is 17.7 Å². The van der Waals surface area contributed by atoms with Gasteiger partial charge in [-0.05, 0) is 31.0 Å². The molecule has 4 heteroatoms. The van der Waals surface area contributed by atoms with Crippen molar-refractivity contribution in [2.75, 3.05) is 39.4 Å². The molecule has 0 unspecified atom stereocenters. The lowest BCUT2D eigenvalue weighted by Gasteiger charge is -2.26. The lowest BCUT2D eigenvalue weighted by molar-refractivity contribution is 0.0377. The molecule has 18 heavy (non-hydrogen) atoms. The smallest absolute Gasteiger partial charge is 0.0594 e. The van der Waals surface area contributed by atoms with E-state index in [4.69, 9.17) is 4.74 Å². The minimum Gasteiger partial charge on any atom is -0.379 e. The highest BCUT2D eigenvalue weighted by atomic mass is 16.5. The Balaban J connectivity index is 1.65. The fourth-order valence-electron chi connectivity index (χ4n) is 2.03. The second kappa shape index (κ2) is 7.24. The number of nitrogens with zero attached hydrogens (tertiary/aromatic N) is 3.